The van der Waals surface area contributed by atoms with E-state index >= 15 is 0 Å². The zero-order chi connectivity index (χ0) is 23.2. The fourth-order valence-corrected chi connectivity index (χ4v) is 5.18. The number of rotatable bonds is 4. The maximum atomic E-state index is 14.2. The molecule has 2 bridgehead atoms. The molecule has 0 radical (unpaired) electrons. The number of benzene rings is 3. The predicted octanol–water partition coefficient (Wildman–Crippen LogP) is 6.50. The summed E-state index contributed by atoms with van der Waals surface area (Å²) >= 11 is 0. The number of fused-ring (bicyclic) bond motifs is 2. The molecule has 0 amide bonds. The smallest absolute Gasteiger partial charge is 0.363 e. The van der Waals surface area contributed by atoms with E-state index in [9.17, 15) is 22.0 Å². The Kier molecular flexibility index (Phi) is 5.60. The van der Waals surface area contributed by atoms with Gasteiger partial charge < -0.3 is 4.90 Å². The second-order valence-corrected chi connectivity index (χ2v) is 8.86. The van der Waals surface area contributed by atoms with Crippen molar-refractivity contribution in [1.29, 1.82) is 0 Å². The number of hydrogen-bond donors (Lipinski definition) is 0. The Labute approximate surface area is 189 Å². The monoisotopic (exact) mass is 458 g/mol. The zero-order valence-corrected chi connectivity index (χ0v) is 17.8. The number of likely N-dealkylation sites (tertiary alicyclic amines) is 1. The molecule has 0 saturated carbocycles. The van der Waals surface area contributed by atoms with Crippen molar-refractivity contribution in [2.45, 2.75) is 37.6 Å². The summed E-state index contributed by atoms with van der Waals surface area (Å²) in [6.45, 7) is 2.32. The van der Waals surface area contributed by atoms with E-state index < -0.39 is 23.4 Å². The second kappa shape index (κ2) is 8.45. The van der Waals surface area contributed by atoms with Crippen molar-refractivity contribution in [3.8, 4) is 11.1 Å². The number of alkyl halides is 3. The van der Waals surface area contributed by atoms with Gasteiger partial charge in [-0.2, -0.15) is 13.2 Å². The minimum Gasteiger partial charge on any atom is -0.363 e. The van der Waals surface area contributed by atoms with Crippen molar-refractivity contribution in [2.24, 2.45) is 0 Å². The molecule has 7 heteroatoms. The first-order valence-corrected chi connectivity index (χ1v) is 11.0. The molecule has 2 fully saturated rings. The Bertz CT molecular complexity index is 1130. The highest BCUT2D eigenvalue weighted by Crippen LogP contribution is 2.37. The van der Waals surface area contributed by atoms with Crippen molar-refractivity contribution in [3.05, 3.63) is 89.5 Å². The summed E-state index contributed by atoms with van der Waals surface area (Å²) in [5.74, 6) is -1.19. The Morgan fingerprint density at radius 2 is 1.52 bits per heavy atom. The van der Waals surface area contributed by atoms with Gasteiger partial charge in [0.1, 0.15) is 11.6 Å². The van der Waals surface area contributed by atoms with Gasteiger partial charge in [-0.15, -0.1) is 0 Å². The molecule has 3 aromatic carbocycles. The van der Waals surface area contributed by atoms with E-state index in [0.717, 1.165) is 55.4 Å². The highest BCUT2D eigenvalue weighted by Gasteiger charge is 2.40. The van der Waals surface area contributed by atoms with Gasteiger partial charge in [-0.1, -0.05) is 18.2 Å². The third-order valence-corrected chi connectivity index (χ3v) is 6.63. The Morgan fingerprint density at radius 1 is 0.818 bits per heavy atom. The van der Waals surface area contributed by atoms with Gasteiger partial charge in [0.2, 0.25) is 0 Å². The first-order valence-electron chi connectivity index (χ1n) is 11.0. The van der Waals surface area contributed by atoms with Gasteiger partial charge in [0, 0.05) is 49.0 Å². The molecule has 2 unspecified atom stereocenters. The van der Waals surface area contributed by atoms with Crippen molar-refractivity contribution in [3.63, 3.8) is 0 Å². The SMILES string of the molecule is Fc1ccc(-c2cccc(CN3CC4CCC(C3)N4c3ccc(C(F)(F)F)cc3)c2)c(F)c1. The number of anilines is 1. The van der Waals surface area contributed by atoms with Gasteiger partial charge >= 0.3 is 6.18 Å². The van der Waals surface area contributed by atoms with Gasteiger partial charge in [-0.05, 0) is 66.4 Å². The second-order valence-electron chi connectivity index (χ2n) is 8.86. The van der Waals surface area contributed by atoms with E-state index in [2.05, 4.69) is 9.80 Å². The summed E-state index contributed by atoms with van der Waals surface area (Å²) in [7, 11) is 0. The standard InChI is InChI=1S/C26H23F5N2/c27-20-6-11-24(25(28)13-20)18-3-1-2-17(12-18)14-32-15-22-9-10-23(16-32)33(22)21-7-4-19(5-8-21)26(29,30)31/h1-8,11-13,22-23H,9-10,14-16H2. The third-order valence-electron chi connectivity index (χ3n) is 6.63. The topological polar surface area (TPSA) is 6.48 Å². The molecule has 0 spiro atoms. The lowest BCUT2D eigenvalue weighted by Crippen LogP contribution is -2.53. The van der Waals surface area contributed by atoms with Gasteiger partial charge in [-0.3, -0.25) is 4.90 Å². The Balaban J connectivity index is 1.29. The van der Waals surface area contributed by atoms with Crippen molar-refractivity contribution < 1.29 is 22.0 Å². The number of piperazine rings is 1. The average molecular weight is 458 g/mol. The zero-order valence-electron chi connectivity index (χ0n) is 17.8. The van der Waals surface area contributed by atoms with E-state index in [0.29, 0.717) is 17.7 Å². The molecule has 5 rings (SSSR count). The summed E-state index contributed by atoms with van der Waals surface area (Å²) in [6.07, 6.45) is -2.33. The van der Waals surface area contributed by atoms with Crippen molar-refractivity contribution in [2.75, 3.05) is 18.0 Å². The van der Waals surface area contributed by atoms with Crippen LogP contribution in [-0.2, 0) is 12.7 Å². The largest absolute Gasteiger partial charge is 0.416 e. The fraction of sp³-hybridized carbons (Fsp3) is 0.308. The van der Waals surface area contributed by atoms with Crippen LogP contribution in [0, 0.1) is 11.6 Å². The van der Waals surface area contributed by atoms with Crippen LogP contribution in [0.5, 0.6) is 0 Å². The van der Waals surface area contributed by atoms with E-state index in [1.54, 1.807) is 12.1 Å². The molecule has 0 aliphatic carbocycles. The number of halogens is 5. The first kappa shape index (κ1) is 21.9. The number of hydrogen-bond acceptors (Lipinski definition) is 2. The highest BCUT2D eigenvalue weighted by atomic mass is 19.4. The summed E-state index contributed by atoms with van der Waals surface area (Å²) in [4.78, 5) is 4.62. The van der Waals surface area contributed by atoms with Crippen LogP contribution >= 0.6 is 0 Å². The molecule has 2 heterocycles. The Morgan fingerprint density at radius 3 is 2.15 bits per heavy atom. The molecular formula is C26H23F5N2. The highest BCUT2D eigenvalue weighted by molar-refractivity contribution is 5.64. The minimum absolute atomic E-state index is 0.248. The average Bonchev–Trinajstić information content (AvgIpc) is 3.04. The van der Waals surface area contributed by atoms with E-state index in [1.165, 1.54) is 12.1 Å². The van der Waals surface area contributed by atoms with Crippen LogP contribution in [0.25, 0.3) is 11.1 Å². The minimum atomic E-state index is -4.33. The molecule has 172 valence electrons. The molecule has 2 aliphatic heterocycles. The molecule has 2 aliphatic rings. The maximum Gasteiger partial charge on any atom is 0.416 e. The lowest BCUT2D eigenvalue weighted by Gasteiger charge is -2.42. The van der Waals surface area contributed by atoms with E-state index in [4.69, 9.17) is 0 Å². The van der Waals surface area contributed by atoms with Crippen LogP contribution in [-0.4, -0.2) is 30.1 Å². The molecule has 2 atom stereocenters. The molecule has 33 heavy (non-hydrogen) atoms. The maximum absolute atomic E-state index is 14.2. The number of nitrogens with zero attached hydrogens (tertiary/aromatic N) is 2. The lowest BCUT2D eigenvalue weighted by molar-refractivity contribution is -0.137. The van der Waals surface area contributed by atoms with Gasteiger partial charge in [0.15, 0.2) is 0 Å². The van der Waals surface area contributed by atoms with Crippen molar-refractivity contribution >= 4 is 5.69 Å². The van der Waals surface area contributed by atoms with E-state index in [1.807, 2.05) is 24.3 Å². The third kappa shape index (κ3) is 4.47. The van der Waals surface area contributed by atoms with Crippen LogP contribution < -0.4 is 4.90 Å². The quantitative estimate of drug-likeness (QED) is 0.412. The molecule has 0 N–H and O–H groups in total. The van der Waals surface area contributed by atoms with Crippen LogP contribution in [0.15, 0.2) is 66.7 Å². The first-order chi connectivity index (χ1) is 15.8. The van der Waals surface area contributed by atoms with Crippen LogP contribution in [0.2, 0.25) is 0 Å². The van der Waals surface area contributed by atoms with Crippen molar-refractivity contribution in [1.82, 2.24) is 4.90 Å². The summed E-state index contributed by atoms with van der Waals surface area (Å²) in [6, 6.07) is 17.2. The lowest BCUT2D eigenvalue weighted by atomic mass is 10.0. The molecule has 0 aromatic heterocycles. The summed E-state index contributed by atoms with van der Waals surface area (Å²) in [5.41, 5.74) is 2.32. The Hall–Kier alpha value is -2.93. The molecular weight excluding hydrogens is 435 g/mol. The van der Waals surface area contributed by atoms with E-state index in [-0.39, 0.29) is 12.1 Å². The molecule has 2 nitrogen and oxygen atoms in total. The summed E-state index contributed by atoms with van der Waals surface area (Å²) in [5, 5.41) is 0. The normalized spacial score (nSPS) is 20.9. The van der Waals surface area contributed by atoms with Gasteiger partial charge in [0.25, 0.3) is 0 Å². The van der Waals surface area contributed by atoms with Gasteiger partial charge in [-0.25, -0.2) is 8.78 Å². The van der Waals surface area contributed by atoms with Crippen LogP contribution in [0.4, 0.5) is 27.6 Å². The predicted molar refractivity (Wildman–Crippen MR) is 118 cm³/mol. The molecule has 2 saturated heterocycles. The summed E-state index contributed by atoms with van der Waals surface area (Å²) < 4.78 is 66.2. The molecule has 3 aromatic rings. The fourth-order valence-electron chi connectivity index (χ4n) is 5.18. The van der Waals surface area contributed by atoms with Crippen LogP contribution in [0.1, 0.15) is 24.0 Å². The van der Waals surface area contributed by atoms with Crippen LogP contribution in [0.3, 0.4) is 0 Å². The van der Waals surface area contributed by atoms with Gasteiger partial charge in [0.05, 0.1) is 5.56 Å².